The molecular weight excluding hydrogens is 158 g/mol. The van der Waals surface area contributed by atoms with Crippen LogP contribution in [0.2, 0.25) is 0 Å². The molecule has 0 amide bonds. The lowest BCUT2D eigenvalue weighted by Crippen LogP contribution is -2.53. The number of aliphatic hydroxyl groups is 2. The van der Waals surface area contributed by atoms with E-state index in [2.05, 4.69) is 5.32 Å². The average Bonchev–Trinajstić information content (AvgIpc) is 2.37. The molecule has 1 spiro atoms. The lowest BCUT2D eigenvalue weighted by Gasteiger charge is -2.35. The summed E-state index contributed by atoms with van der Waals surface area (Å²) in [5.74, 6) is 0. The first-order valence-corrected chi connectivity index (χ1v) is 4.45. The molecule has 2 aliphatic rings. The van der Waals surface area contributed by atoms with E-state index in [1.165, 1.54) is 0 Å². The van der Waals surface area contributed by atoms with E-state index in [1.54, 1.807) is 0 Å². The Bertz CT molecular complexity index is 162. The summed E-state index contributed by atoms with van der Waals surface area (Å²) < 4.78 is 5.44. The van der Waals surface area contributed by atoms with E-state index >= 15 is 0 Å². The summed E-state index contributed by atoms with van der Waals surface area (Å²) in [7, 11) is 0. The molecule has 70 valence electrons. The van der Waals surface area contributed by atoms with Crippen molar-refractivity contribution < 1.29 is 14.9 Å². The van der Waals surface area contributed by atoms with Gasteiger partial charge in [0.15, 0.2) is 0 Å². The van der Waals surface area contributed by atoms with Crippen LogP contribution >= 0.6 is 0 Å². The standard InChI is InChI=1S/C8H15NO3/c10-6-4-12-8(7(6)11)2-1-3-9-5-8/h6-7,9-11H,1-5H2/t6-,7-,8?/m0/s1. The van der Waals surface area contributed by atoms with E-state index in [0.717, 1.165) is 19.4 Å². The Labute approximate surface area is 71.5 Å². The molecule has 2 saturated heterocycles. The van der Waals surface area contributed by atoms with Crippen LogP contribution in [0.3, 0.4) is 0 Å². The summed E-state index contributed by atoms with van der Waals surface area (Å²) in [6, 6.07) is 0. The zero-order valence-corrected chi connectivity index (χ0v) is 6.99. The zero-order valence-electron chi connectivity index (χ0n) is 6.99. The molecule has 0 radical (unpaired) electrons. The summed E-state index contributed by atoms with van der Waals surface area (Å²) >= 11 is 0. The summed E-state index contributed by atoms with van der Waals surface area (Å²) in [5, 5.41) is 22.1. The van der Waals surface area contributed by atoms with Crippen molar-refractivity contribution >= 4 is 0 Å². The molecule has 4 nitrogen and oxygen atoms in total. The molecule has 2 fully saturated rings. The van der Waals surface area contributed by atoms with Gasteiger partial charge in [-0.2, -0.15) is 0 Å². The molecule has 4 heteroatoms. The highest BCUT2D eigenvalue weighted by molar-refractivity contribution is 5.00. The molecule has 0 aliphatic carbocycles. The lowest BCUT2D eigenvalue weighted by molar-refractivity contribution is -0.0766. The van der Waals surface area contributed by atoms with Gasteiger partial charge < -0.3 is 20.3 Å². The number of aliphatic hydroxyl groups excluding tert-OH is 2. The highest BCUT2D eigenvalue weighted by Crippen LogP contribution is 2.32. The highest BCUT2D eigenvalue weighted by Gasteiger charge is 2.49. The van der Waals surface area contributed by atoms with E-state index in [9.17, 15) is 10.2 Å². The zero-order chi connectivity index (χ0) is 8.60. The summed E-state index contributed by atoms with van der Waals surface area (Å²) in [6.45, 7) is 1.90. The largest absolute Gasteiger partial charge is 0.388 e. The van der Waals surface area contributed by atoms with Gasteiger partial charge in [0.2, 0.25) is 0 Å². The Morgan fingerprint density at radius 1 is 1.42 bits per heavy atom. The second-order valence-corrected chi connectivity index (χ2v) is 3.67. The van der Waals surface area contributed by atoms with Crippen molar-refractivity contribution in [3.05, 3.63) is 0 Å². The van der Waals surface area contributed by atoms with Crippen LogP contribution in [-0.4, -0.2) is 47.7 Å². The first-order valence-electron chi connectivity index (χ1n) is 4.45. The predicted molar refractivity (Wildman–Crippen MR) is 42.8 cm³/mol. The van der Waals surface area contributed by atoms with Crippen LogP contribution in [0.15, 0.2) is 0 Å². The van der Waals surface area contributed by atoms with Gasteiger partial charge in [-0.3, -0.25) is 0 Å². The van der Waals surface area contributed by atoms with E-state index in [4.69, 9.17) is 4.74 Å². The minimum absolute atomic E-state index is 0.267. The molecule has 0 aromatic heterocycles. The SMILES string of the molecule is O[C@H]1COC2(CCCNC2)[C@H]1O. The highest BCUT2D eigenvalue weighted by atomic mass is 16.5. The molecule has 3 atom stereocenters. The number of rotatable bonds is 0. The average molecular weight is 173 g/mol. The number of nitrogens with one attached hydrogen (secondary N) is 1. The van der Waals surface area contributed by atoms with Gasteiger partial charge >= 0.3 is 0 Å². The monoisotopic (exact) mass is 173 g/mol. The molecule has 2 heterocycles. The van der Waals surface area contributed by atoms with E-state index in [1.807, 2.05) is 0 Å². The Morgan fingerprint density at radius 3 is 2.75 bits per heavy atom. The molecule has 2 aliphatic heterocycles. The molecule has 1 unspecified atom stereocenters. The Balaban J connectivity index is 2.09. The first-order chi connectivity index (χ1) is 5.75. The van der Waals surface area contributed by atoms with Gasteiger partial charge in [0, 0.05) is 6.54 Å². The van der Waals surface area contributed by atoms with Crippen molar-refractivity contribution in [3.63, 3.8) is 0 Å². The molecule has 2 rings (SSSR count). The number of ether oxygens (including phenoxy) is 1. The quantitative estimate of drug-likeness (QED) is 0.433. The first kappa shape index (κ1) is 8.44. The smallest absolute Gasteiger partial charge is 0.112 e. The van der Waals surface area contributed by atoms with Crippen molar-refractivity contribution in [2.24, 2.45) is 0 Å². The van der Waals surface area contributed by atoms with Crippen molar-refractivity contribution in [2.45, 2.75) is 30.7 Å². The van der Waals surface area contributed by atoms with Gasteiger partial charge in [-0.25, -0.2) is 0 Å². The van der Waals surface area contributed by atoms with Crippen molar-refractivity contribution in [2.75, 3.05) is 19.7 Å². The third-order valence-electron chi connectivity index (χ3n) is 2.82. The number of hydrogen-bond donors (Lipinski definition) is 3. The maximum absolute atomic E-state index is 9.66. The molecule has 12 heavy (non-hydrogen) atoms. The van der Waals surface area contributed by atoms with Crippen LogP contribution in [0, 0.1) is 0 Å². The van der Waals surface area contributed by atoms with Crippen LogP contribution in [-0.2, 0) is 4.74 Å². The van der Waals surface area contributed by atoms with Gasteiger partial charge in [-0.1, -0.05) is 0 Å². The third-order valence-corrected chi connectivity index (χ3v) is 2.82. The normalized spacial score (nSPS) is 48.5. The van der Waals surface area contributed by atoms with Gasteiger partial charge in [-0.15, -0.1) is 0 Å². The second kappa shape index (κ2) is 2.96. The number of hydrogen-bond acceptors (Lipinski definition) is 4. The molecule has 0 saturated carbocycles. The second-order valence-electron chi connectivity index (χ2n) is 3.67. The fraction of sp³-hybridized carbons (Fsp3) is 1.00. The Hall–Kier alpha value is -0.160. The van der Waals surface area contributed by atoms with E-state index in [0.29, 0.717) is 6.54 Å². The van der Waals surface area contributed by atoms with E-state index < -0.39 is 17.8 Å². The molecule has 0 bridgehead atoms. The Morgan fingerprint density at radius 2 is 2.25 bits per heavy atom. The van der Waals surface area contributed by atoms with Crippen LogP contribution < -0.4 is 5.32 Å². The molecular formula is C8H15NO3. The van der Waals surface area contributed by atoms with Crippen LogP contribution in [0.1, 0.15) is 12.8 Å². The molecule has 0 aromatic carbocycles. The summed E-state index contributed by atoms with van der Waals surface area (Å²) in [5.41, 5.74) is -0.502. The minimum atomic E-state index is -0.717. The third kappa shape index (κ3) is 1.15. The van der Waals surface area contributed by atoms with Crippen molar-refractivity contribution in [1.82, 2.24) is 5.32 Å². The maximum atomic E-state index is 9.66. The lowest BCUT2D eigenvalue weighted by atomic mass is 9.88. The van der Waals surface area contributed by atoms with Gasteiger partial charge in [-0.05, 0) is 19.4 Å². The minimum Gasteiger partial charge on any atom is -0.388 e. The summed E-state index contributed by atoms with van der Waals surface area (Å²) in [6.07, 6.45) is 0.428. The van der Waals surface area contributed by atoms with Gasteiger partial charge in [0.25, 0.3) is 0 Å². The van der Waals surface area contributed by atoms with Crippen LogP contribution in [0.5, 0.6) is 0 Å². The molecule has 3 N–H and O–H groups in total. The van der Waals surface area contributed by atoms with Gasteiger partial charge in [0.05, 0.1) is 6.61 Å². The maximum Gasteiger partial charge on any atom is 0.112 e. The van der Waals surface area contributed by atoms with Crippen LogP contribution in [0.25, 0.3) is 0 Å². The fourth-order valence-corrected chi connectivity index (χ4v) is 2.06. The van der Waals surface area contributed by atoms with E-state index in [-0.39, 0.29) is 6.61 Å². The Kier molecular flexibility index (Phi) is 2.08. The number of piperidine rings is 1. The van der Waals surface area contributed by atoms with Crippen molar-refractivity contribution in [3.8, 4) is 0 Å². The molecule has 0 aromatic rings. The summed E-state index contributed by atoms with van der Waals surface area (Å²) in [4.78, 5) is 0. The fourth-order valence-electron chi connectivity index (χ4n) is 2.06. The van der Waals surface area contributed by atoms with Crippen LogP contribution in [0.4, 0.5) is 0 Å². The predicted octanol–water partition coefficient (Wildman–Crippen LogP) is -1.14. The topological polar surface area (TPSA) is 61.7 Å². The van der Waals surface area contributed by atoms with Crippen molar-refractivity contribution in [1.29, 1.82) is 0 Å². The van der Waals surface area contributed by atoms with Gasteiger partial charge in [0.1, 0.15) is 17.8 Å².